The molecule has 2 aromatic heterocycles. The van der Waals surface area contributed by atoms with Crippen LogP contribution in [-0.4, -0.2) is 14.7 Å². The van der Waals surface area contributed by atoms with Gasteiger partial charge >= 0.3 is 0 Å². The number of rotatable bonds is 6. The van der Waals surface area contributed by atoms with Gasteiger partial charge in [-0.2, -0.15) is 0 Å². The lowest BCUT2D eigenvalue weighted by molar-refractivity contribution is 0.482. The van der Waals surface area contributed by atoms with Gasteiger partial charge in [0.05, 0.1) is 17.8 Å². The third kappa shape index (κ3) is 4.89. The van der Waals surface area contributed by atoms with E-state index in [1.54, 1.807) is 0 Å². The number of thiocarbonyl (C=S) groups is 1. The third-order valence-electron chi connectivity index (χ3n) is 7.05. The van der Waals surface area contributed by atoms with Gasteiger partial charge in [-0.25, -0.2) is 0 Å². The Morgan fingerprint density at radius 1 is 0.821 bits per heavy atom. The molecule has 194 valence electrons. The Hall–Kier alpha value is -4.13. The van der Waals surface area contributed by atoms with Gasteiger partial charge in [0.15, 0.2) is 5.11 Å². The average molecular weight is 551 g/mol. The van der Waals surface area contributed by atoms with Gasteiger partial charge in [-0.3, -0.25) is 4.98 Å². The first-order valence-corrected chi connectivity index (χ1v) is 13.6. The molecular weight excluding hydrogens is 524 g/mol. The zero-order valence-electron chi connectivity index (χ0n) is 21.6. The molecule has 3 aromatic carbocycles. The van der Waals surface area contributed by atoms with Crippen LogP contribution in [0, 0.1) is 13.8 Å². The second-order valence-electron chi connectivity index (χ2n) is 9.55. The zero-order valence-corrected chi connectivity index (χ0v) is 23.2. The highest BCUT2D eigenvalue weighted by Gasteiger charge is 2.42. The first kappa shape index (κ1) is 25.2. The summed E-state index contributed by atoms with van der Waals surface area (Å²) in [6.07, 6.45) is 1.82. The van der Waals surface area contributed by atoms with Crippen LogP contribution in [0.1, 0.15) is 34.7 Å². The largest absolute Gasteiger partial charge is 0.457 e. The topological polar surface area (TPSA) is 42.3 Å². The Bertz CT molecular complexity index is 1620. The number of aromatic nitrogens is 2. The Morgan fingerprint density at radius 3 is 2.28 bits per heavy atom. The maximum absolute atomic E-state index is 6.36. The molecule has 7 heteroatoms. The zero-order chi connectivity index (χ0) is 26.9. The summed E-state index contributed by atoms with van der Waals surface area (Å²) in [5.74, 6) is 1.56. The smallest absolute Gasteiger partial charge is 0.174 e. The van der Waals surface area contributed by atoms with Gasteiger partial charge in [-0.15, -0.1) is 0 Å². The van der Waals surface area contributed by atoms with E-state index in [9.17, 15) is 0 Å². The number of ether oxygens (including phenoxy) is 1. The number of pyridine rings is 1. The molecule has 1 N–H and O–H groups in total. The highest BCUT2D eigenvalue weighted by Crippen LogP contribution is 2.44. The van der Waals surface area contributed by atoms with Crippen molar-refractivity contribution in [1.82, 2.24) is 14.9 Å². The Balaban J connectivity index is 1.42. The maximum Gasteiger partial charge on any atom is 0.174 e. The first-order chi connectivity index (χ1) is 19.0. The van der Waals surface area contributed by atoms with E-state index in [2.05, 4.69) is 52.9 Å². The highest BCUT2D eigenvalue weighted by molar-refractivity contribution is 7.80. The molecule has 0 unspecified atom stereocenters. The van der Waals surface area contributed by atoms with Gasteiger partial charge in [-0.1, -0.05) is 41.9 Å². The van der Waals surface area contributed by atoms with Gasteiger partial charge in [0.2, 0.25) is 0 Å². The van der Waals surface area contributed by atoms with E-state index in [-0.39, 0.29) is 12.1 Å². The molecule has 3 heterocycles. The van der Waals surface area contributed by atoms with E-state index >= 15 is 0 Å². The van der Waals surface area contributed by atoms with Gasteiger partial charge < -0.3 is 19.5 Å². The summed E-state index contributed by atoms with van der Waals surface area (Å²) in [5, 5.41) is 4.92. The summed E-state index contributed by atoms with van der Waals surface area (Å²) in [5.41, 5.74) is 6.35. The molecule has 0 spiro atoms. The standard InChI is InChI=1S/C32H27ClN4OS/c1-21-19-28(22(2)36(21)25-10-8-9-23(33)20-25)31-30(29-13-6-7-18-34-29)35-32(39)37(31)24-14-16-27(17-15-24)38-26-11-4-3-5-12-26/h3-20,30-31H,1-2H3,(H,35,39)/t30-,31+/m1/s1. The van der Waals surface area contributed by atoms with Crippen molar-refractivity contribution in [2.45, 2.75) is 25.9 Å². The minimum atomic E-state index is -0.132. The number of hydrogen-bond acceptors (Lipinski definition) is 3. The lowest BCUT2D eigenvalue weighted by atomic mass is 9.96. The van der Waals surface area contributed by atoms with Crippen LogP contribution < -0.4 is 15.0 Å². The summed E-state index contributed by atoms with van der Waals surface area (Å²) in [6.45, 7) is 4.27. The minimum absolute atomic E-state index is 0.118. The van der Waals surface area contributed by atoms with Crippen LogP contribution in [0.25, 0.3) is 5.69 Å². The number of anilines is 1. The van der Waals surface area contributed by atoms with E-state index in [1.807, 2.05) is 85.1 Å². The fourth-order valence-electron chi connectivity index (χ4n) is 5.35. The van der Waals surface area contributed by atoms with E-state index in [0.29, 0.717) is 10.1 Å². The summed E-state index contributed by atoms with van der Waals surface area (Å²) in [7, 11) is 0. The number of aryl methyl sites for hydroxylation is 1. The summed E-state index contributed by atoms with van der Waals surface area (Å²) < 4.78 is 8.27. The number of para-hydroxylation sites is 1. The van der Waals surface area contributed by atoms with Gasteiger partial charge in [-0.05, 0) is 104 Å². The molecule has 1 aliphatic heterocycles. The molecule has 6 rings (SSSR count). The third-order valence-corrected chi connectivity index (χ3v) is 7.60. The van der Waals surface area contributed by atoms with E-state index in [1.165, 1.54) is 5.56 Å². The van der Waals surface area contributed by atoms with Crippen molar-refractivity contribution in [3.05, 3.63) is 137 Å². The number of nitrogens with one attached hydrogen (secondary N) is 1. The van der Waals surface area contributed by atoms with E-state index in [4.69, 9.17) is 33.5 Å². The maximum atomic E-state index is 6.36. The van der Waals surface area contributed by atoms with Gasteiger partial charge in [0.1, 0.15) is 11.5 Å². The molecule has 0 aliphatic carbocycles. The van der Waals surface area contributed by atoms with Crippen LogP contribution in [0.5, 0.6) is 11.5 Å². The molecule has 0 saturated carbocycles. The minimum Gasteiger partial charge on any atom is -0.457 e. The van der Waals surface area contributed by atoms with Crippen molar-refractivity contribution in [3.63, 3.8) is 0 Å². The van der Waals surface area contributed by atoms with Crippen LogP contribution in [0.3, 0.4) is 0 Å². The number of hydrogen-bond donors (Lipinski definition) is 1. The van der Waals surface area contributed by atoms with Crippen molar-refractivity contribution in [2.24, 2.45) is 0 Å². The molecule has 1 fully saturated rings. The van der Waals surface area contributed by atoms with Crippen molar-refractivity contribution < 1.29 is 4.74 Å². The quantitative estimate of drug-likeness (QED) is 0.216. The molecule has 1 aliphatic rings. The monoisotopic (exact) mass is 550 g/mol. The molecule has 0 radical (unpaired) electrons. The first-order valence-electron chi connectivity index (χ1n) is 12.8. The van der Waals surface area contributed by atoms with Crippen LogP contribution >= 0.6 is 23.8 Å². The second kappa shape index (κ2) is 10.6. The summed E-state index contributed by atoms with van der Waals surface area (Å²) in [4.78, 5) is 6.88. The van der Waals surface area contributed by atoms with Crippen molar-refractivity contribution >= 4 is 34.6 Å². The van der Waals surface area contributed by atoms with Crippen LogP contribution in [-0.2, 0) is 0 Å². The SMILES string of the molecule is Cc1cc([C@H]2[C@@H](c3ccccn3)NC(=S)N2c2ccc(Oc3ccccc3)cc2)c(C)n1-c1cccc(Cl)c1. The predicted octanol–water partition coefficient (Wildman–Crippen LogP) is 8.11. The van der Waals surface area contributed by atoms with Crippen LogP contribution in [0.4, 0.5) is 5.69 Å². The van der Waals surface area contributed by atoms with Crippen molar-refractivity contribution in [3.8, 4) is 17.2 Å². The molecule has 39 heavy (non-hydrogen) atoms. The summed E-state index contributed by atoms with van der Waals surface area (Å²) >= 11 is 12.3. The number of nitrogens with zero attached hydrogens (tertiary/aromatic N) is 3. The molecule has 2 atom stereocenters. The lowest BCUT2D eigenvalue weighted by Gasteiger charge is -2.28. The van der Waals surface area contributed by atoms with E-state index < -0.39 is 0 Å². The molecule has 5 nitrogen and oxygen atoms in total. The van der Waals surface area contributed by atoms with Gasteiger partial charge in [0, 0.05) is 34.0 Å². The Morgan fingerprint density at radius 2 is 1.56 bits per heavy atom. The normalized spacial score (nSPS) is 16.8. The van der Waals surface area contributed by atoms with Crippen LogP contribution in [0.2, 0.25) is 5.02 Å². The van der Waals surface area contributed by atoms with Gasteiger partial charge in [0.25, 0.3) is 0 Å². The van der Waals surface area contributed by atoms with Crippen LogP contribution in [0.15, 0.2) is 109 Å². The Labute approximate surface area is 238 Å². The molecule has 5 aromatic rings. The fourth-order valence-corrected chi connectivity index (χ4v) is 5.88. The molecule has 1 saturated heterocycles. The summed E-state index contributed by atoms with van der Waals surface area (Å²) in [6, 6.07) is 33.7. The average Bonchev–Trinajstić information content (AvgIpc) is 3.45. The lowest BCUT2D eigenvalue weighted by Crippen LogP contribution is -2.29. The number of benzene rings is 3. The molecule has 0 bridgehead atoms. The van der Waals surface area contributed by atoms with Crippen molar-refractivity contribution in [1.29, 1.82) is 0 Å². The predicted molar refractivity (Wildman–Crippen MR) is 161 cm³/mol. The Kier molecular flexibility index (Phi) is 6.81. The highest BCUT2D eigenvalue weighted by atomic mass is 35.5. The second-order valence-corrected chi connectivity index (χ2v) is 10.4. The number of halogens is 1. The molecular formula is C32H27ClN4OS. The van der Waals surface area contributed by atoms with E-state index in [0.717, 1.165) is 40.0 Å². The molecule has 0 amide bonds. The van der Waals surface area contributed by atoms with Crippen molar-refractivity contribution in [2.75, 3.05) is 4.90 Å². The fraction of sp³-hybridized carbons (Fsp3) is 0.125.